The van der Waals surface area contributed by atoms with E-state index in [0.717, 1.165) is 27.1 Å². The maximum atomic E-state index is 5.95. The van der Waals surface area contributed by atoms with Crippen molar-refractivity contribution >= 4 is 51.2 Å². The van der Waals surface area contributed by atoms with Crippen molar-refractivity contribution in [2.24, 2.45) is 7.05 Å². The van der Waals surface area contributed by atoms with E-state index < -0.39 is 0 Å². The number of hydrogen-bond donors (Lipinski definition) is 0. The Kier molecular flexibility index (Phi) is 4.25. The molecule has 0 atom stereocenters. The van der Waals surface area contributed by atoms with Crippen LogP contribution in [0.1, 0.15) is 19.4 Å². The van der Waals surface area contributed by atoms with Gasteiger partial charge in [0.15, 0.2) is 0 Å². The number of nitrogens with zero attached hydrogens (tertiary/aromatic N) is 3. The normalized spacial score (nSPS) is 10.5. The first-order valence-corrected chi connectivity index (χ1v) is 7.38. The van der Waals surface area contributed by atoms with Gasteiger partial charge in [-0.3, -0.25) is 9.67 Å². The molecule has 19 heavy (non-hydrogen) atoms. The Bertz CT molecular complexity index is 721. The highest BCUT2D eigenvalue weighted by molar-refractivity contribution is 9.08. The van der Waals surface area contributed by atoms with E-state index in [9.17, 15) is 0 Å². The average Bonchev–Trinajstić information content (AvgIpc) is 2.84. The van der Waals surface area contributed by atoms with Gasteiger partial charge in [0.25, 0.3) is 0 Å². The van der Waals surface area contributed by atoms with Crippen LogP contribution < -0.4 is 5.59 Å². The van der Waals surface area contributed by atoms with Crippen LogP contribution in [0.2, 0.25) is 0 Å². The molecular weight excluding hydrogens is 301 g/mol. The SMILES string of the molecule is CC.[B]c1nc2cc(CBr)ccc2c2c1cnn2C. The summed E-state index contributed by atoms with van der Waals surface area (Å²) in [6.07, 6.45) is 1.76. The monoisotopic (exact) mass is 315 g/mol. The highest BCUT2D eigenvalue weighted by atomic mass is 79.9. The molecule has 0 aliphatic carbocycles. The first-order valence-electron chi connectivity index (χ1n) is 6.26. The Hall–Kier alpha value is -1.36. The van der Waals surface area contributed by atoms with Gasteiger partial charge in [0.1, 0.15) is 7.85 Å². The highest BCUT2D eigenvalue weighted by Gasteiger charge is 2.09. The van der Waals surface area contributed by atoms with E-state index in [1.54, 1.807) is 6.20 Å². The van der Waals surface area contributed by atoms with E-state index in [0.29, 0.717) is 5.59 Å². The van der Waals surface area contributed by atoms with Crippen LogP contribution in [0.5, 0.6) is 0 Å². The van der Waals surface area contributed by atoms with Gasteiger partial charge in [-0.2, -0.15) is 5.10 Å². The third-order valence-electron chi connectivity index (χ3n) is 2.93. The van der Waals surface area contributed by atoms with E-state index in [-0.39, 0.29) is 0 Å². The Morgan fingerprint density at radius 3 is 2.68 bits per heavy atom. The maximum absolute atomic E-state index is 5.95. The van der Waals surface area contributed by atoms with E-state index >= 15 is 0 Å². The number of halogens is 1. The molecule has 0 spiro atoms. The van der Waals surface area contributed by atoms with E-state index in [2.05, 4.69) is 38.1 Å². The Labute approximate surface area is 122 Å². The minimum absolute atomic E-state index is 0.535. The quantitative estimate of drug-likeness (QED) is 0.510. The van der Waals surface area contributed by atoms with Gasteiger partial charge in [0.05, 0.1) is 17.2 Å². The van der Waals surface area contributed by atoms with Crippen molar-refractivity contribution in [3.8, 4) is 0 Å². The van der Waals surface area contributed by atoms with Crippen molar-refractivity contribution in [2.75, 3.05) is 0 Å². The van der Waals surface area contributed by atoms with Crippen molar-refractivity contribution < 1.29 is 0 Å². The minimum Gasteiger partial charge on any atom is -0.267 e. The van der Waals surface area contributed by atoms with Gasteiger partial charge < -0.3 is 0 Å². The van der Waals surface area contributed by atoms with Crippen LogP contribution in [0.25, 0.3) is 21.8 Å². The maximum Gasteiger partial charge on any atom is 0.142 e. The zero-order valence-electron chi connectivity index (χ0n) is 11.3. The van der Waals surface area contributed by atoms with Crippen LogP contribution in [0.3, 0.4) is 0 Å². The third-order valence-corrected chi connectivity index (χ3v) is 3.57. The van der Waals surface area contributed by atoms with Gasteiger partial charge >= 0.3 is 0 Å². The minimum atomic E-state index is 0.535. The summed E-state index contributed by atoms with van der Waals surface area (Å²) < 4.78 is 1.84. The van der Waals surface area contributed by atoms with Gasteiger partial charge in [0.2, 0.25) is 0 Å². The van der Waals surface area contributed by atoms with Gasteiger partial charge in [-0.25, -0.2) is 0 Å². The first-order chi connectivity index (χ1) is 9.20. The van der Waals surface area contributed by atoms with Crippen LogP contribution >= 0.6 is 15.9 Å². The Balaban J connectivity index is 0.000000637. The smallest absolute Gasteiger partial charge is 0.142 e. The molecule has 0 bridgehead atoms. The van der Waals surface area contributed by atoms with Gasteiger partial charge in [0, 0.05) is 23.2 Å². The summed E-state index contributed by atoms with van der Waals surface area (Å²) in [5.74, 6) is 0. The molecule has 0 amide bonds. The number of aromatic nitrogens is 3. The first kappa shape index (κ1) is 14.1. The highest BCUT2D eigenvalue weighted by Crippen LogP contribution is 2.23. The lowest BCUT2D eigenvalue weighted by molar-refractivity contribution is 0.799. The molecule has 96 valence electrons. The molecule has 3 aromatic rings. The summed E-state index contributed by atoms with van der Waals surface area (Å²) in [4.78, 5) is 4.43. The zero-order valence-corrected chi connectivity index (χ0v) is 12.9. The average molecular weight is 316 g/mol. The predicted molar refractivity (Wildman–Crippen MR) is 85.4 cm³/mol. The molecule has 0 aliphatic rings. The Morgan fingerprint density at radius 1 is 1.26 bits per heavy atom. The van der Waals surface area contributed by atoms with Gasteiger partial charge in [-0.15, -0.1) is 0 Å². The lowest BCUT2D eigenvalue weighted by atomic mass is 9.97. The molecule has 2 aromatic heterocycles. The standard InChI is InChI=1S/C12H9BBrN3.C2H6/c1-17-11-8-3-2-7(5-14)4-10(8)16-12(13)9(11)6-15-17;1-2/h2-4,6H,5H2,1H3;1-2H3. The fourth-order valence-electron chi connectivity index (χ4n) is 2.09. The van der Waals surface area contributed by atoms with Crippen LogP contribution in [-0.2, 0) is 12.4 Å². The number of alkyl halides is 1. The van der Waals surface area contributed by atoms with Crippen LogP contribution in [0.4, 0.5) is 0 Å². The largest absolute Gasteiger partial charge is 0.267 e. The molecule has 2 heterocycles. The molecule has 5 heteroatoms. The molecule has 1 aromatic carbocycles. The van der Waals surface area contributed by atoms with Crippen molar-refractivity contribution in [1.82, 2.24) is 14.8 Å². The van der Waals surface area contributed by atoms with Gasteiger partial charge in [-0.05, 0) is 17.2 Å². The summed E-state index contributed by atoms with van der Waals surface area (Å²) >= 11 is 3.44. The number of rotatable bonds is 1. The van der Waals surface area contributed by atoms with Crippen LogP contribution in [-0.4, -0.2) is 22.6 Å². The third kappa shape index (κ3) is 2.39. The van der Waals surface area contributed by atoms with E-state index in [4.69, 9.17) is 7.85 Å². The molecule has 0 unspecified atom stereocenters. The number of aryl methyl sites for hydroxylation is 1. The molecule has 0 saturated carbocycles. The van der Waals surface area contributed by atoms with Crippen molar-refractivity contribution in [2.45, 2.75) is 19.2 Å². The van der Waals surface area contributed by atoms with Crippen LogP contribution in [0.15, 0.2) is 24.4 Å². The summed E-state index contributed by atoms with van der Waals surface area (Å²) in [5.41, 5.74) is 3.67. The lowest BCUT2D eigenvalue weighted by Gasteiger charge is -2.05. The van der Waals surface area contributed by atoms with E-state index in [1.807, 2.05) is 31.6 Å². The van der Waals surface area contributed by atoms with Crippen molar-refractivity contribution in [3.63, 3.8) is 0 Å². The summed E-state index contributed by atoms with van der Waals surface area (Å²) in [6.45, 7) is 4.00. The molecule has 0 aliphatic heterocycles. The Morgan fingerprint density at radius 2 is 2.00 bits per heavy atom. The molecule has 3 nitrogen and oxygen atoms in total. The topological polar surface area (TPSA) is 30.7 Å². The second-order valence-corrected chi connectivity index (χ2v) is 4.57. The van der Waals surface area contributed by atoms with Crippen molar-refractivity contribution in [1.29, 1.82) is 0 Å². The molecule has 0 saturated heterocycles. The summed E-state index contributed by atoms with van der Waals surface area (Å²) in [6, 6.07) is 6.21. The molecule has 2 radical (unpaired) electrons. The summed E-state index contributed by atoms with van der Waals surface area (Å²) in [5, 5.41) is 7.04. The molecular formula is C14H15BBrN3. The fraction of sp³-hybridized carbons (Fsp3) is 0.286. The van der Waals surface area contributed by atoms with Gasteiger partial charge in [-0.1, -0.05) is 41.9 Å². The zero-order chi connectivity index (χ0) is 14.0. The number of benzene rings is 1. The van der Waals surface area contributed by atoms with Crippen LogP contribution in [0, 0.1) is 0 Å². The second-order valence-electron chi connectivity index (χ2n) is 4.01. The number of hydrogen-bond acceptors (Lipinski definition) is 2. The molecule has 3 rings (SSSR count). The summed E-state index contributed by atoms with van der Waals surface area (Å²) in [7, 11) is 7.87. The fourth-order valence-corrected chi connectivity index (χ4v) is 2.44. The number of pyridine rings is 1. The second kappa shape index (κ2) is 5.74. The van der Waals surface area contributed by atoms with Crippen molar-refractivity contribution in [3.05, 3.63) is 30.0 Å². The number of fused-ring (bicyclic) bond motifs is 3. The molecule has 0 fully saturated rings. The van der Waals surface area contributed by atoms with E-state index in [1.165, 1.54) is 5.56 Å². The lowest BCUT2D eigenvalue weighted by Crippen LogP contribution is -2.09. The molecule has 0 N–H and O–H groups in total. The predicted octanol–water partition coefficient (Wildman–Crippen LogP) is 2.84.